The van der Waals surface area contributed by atoms with E-state index < -0.39 is 5.79 Å². The lowest BCUT2D eigenvalue weighted by Crippen LogP contribution is -2.30. The van der Waals surface area contributed by atoms with Gasteiger partial charge in [-0.3, -0.25) is 0 Å². The second-order valence-corrected chi connectivity index (χ2v) is 4.03. The minimum Gasteiger partial charge on any atom is -0.363 e. The molecule has 0 aromatic rings. The largest absolute Gasteiger partial charge is 0.363 e. The summed E-state index contributed by atoms with van der Waals surface area (Å²) in [6, 6.07) is 0. The van der Waals surface area contributed by atoms with Gasteiger partial charge in [-0.15, -0.1) is 0 Å². The van der Waals surface area contributed by atoms with E-state index in [0.29, 0.717) is 18.9 Å². The Morgan fingerprint density at radius 2 is 2.00 bits per heavy atom. The molecular formula is C10H22O3. The number of aliphatic hydroxyl groups is 1. The number of rotatable bonds is 7. The summed E-state index contributed by atoms with van der Waals surface area (Å²) in [5, 5.41) is 9.64. The minimum atomic E-state index is -1.15. The SMILES string of the molecule is CCCCOOC(C)(O)CC(C)C. The van der Waals surface area contributed by atoms with Crippen LogP contribution in [0, 0.1) is 5.92 Å². The molecule has 80 valence electrons. The fraction of sp³-hybridized carbons (Fsp3) is 1.00. The van der Waals surface area contributed by atoms with E-state index >= 15 is 0 Å². The predicted octanol–water partition coefficient (Wildman–Crippen LogP) is 2.49. The van der Waals surface area contributed by atoms with Crippen molar-refractivity contribution in [1.82, 2.24) is 0 Å². The van der Waals surface area contributed by atoms with E-state index in [1.807, 2.05) is 13.8 Å². The molecule has 0 saturated carbocycles. The summed E-state index contributed by atoms with van der Waals surface area (Å²) >= 11 is 0. The summed E-state index contributed by atoms with van der Waals surface area (Å²) in [5.74, 6) is -0.758. The van der Waals surface area contributed by atoms with Crippen LogP contribution in [0.3, 0.4) is 0 Å². The average molecular weight is 190 g/mol. The van der Waals surface area contributed by atoms with E-state index in [4.69, 9.17) is 9.78 Å². The van der Waals surface area contributed by atoms with Gasteiger partial charge in [-0.05, 0) is 19.3 Å². The summed E-state index contributed by atoms with van der Waals surface area (Å²) in [6.45, 7) is 8.31. The van der Waals surface area contributed by atoms with Crippen LogP contribution in [0.4, 0.5) is 0 Å². The Kier molecular flexibility index (Phi) is 6.29. The van der Waals surface area contributed by atoms with E-state index in [-0.39, 0.29) is 0 Å². The fourth-order valence-corrected chi connectivity index (χ4v) is 1.16. The molecule has 0 saturated heterocycles. The lowest BCUT2D eigenvalue weighted by Gasteiger charge is -2.23. The van der Waals surface area contributed by atoms with Crippen LogP contribution in [0.1, 0.15) is 47.0 Å². The van der Waals surface area contributed by atoms with E-state index in [1.165, 1.54) is 0 Å². The van der Waals surface area contributed by atoms with Gasteiger partial charge in [0, 0.05) is 6.42 Å². The molecule has 0 spiro atoms. The Morgan fingerprint density at radius 3 is 2.46 bits per heavy atom. The van der Waals surface area contributed by atoms with Crippen molar-refractivity contribution < 1.29 is 14.9 Å². The van der Waals surface area contributed by atoms with Crippen molar-refractivity contribution in [2.24, 2.45) is 5.92 Å². The van der Waals surface area contributed by atoms with Crippen LogP contribution in [0.25, 0.3) is 0 Å². The number of hydrogen-bond acceptors (Lipinski definition) is 3. The Hall–Kier alpha value is -0.120. The quantitative estimate of drug-likeness (QED) is 0.290. The van der Waals surface area contributed by atoms with E-state index in [1.54, 1.807) is 6.92 Å². The van der Waals surface area contributed by atoms with Crippen molar-refractivity contribution >= 4 is 0 Å². The highest BCUT2D eigenvalue weighted by molar-refractivity contribution is 4.60. The number of unbranched alkanes of at least 4 members (excludes halogenated alkanes) is 1. The maximum atomic E-state index is 9.64. The molecule has 1 atom stereocenters. The first-order valence-corrected chi connectivity index (χ1v) is 5.01. The molecule has 0 aromatic carbocycles. The zero-order chi connectivity index (χ0) is 10.3. The fourth-order valence-electron chi connectivity index (χ4n) is 1.16. The zero-order valence-corrected chi connectivity index (χ0v) is 9.17. The molecule has 0 aliphatic heterocycles. The van der Waals surface area contributed by atoms with Crippen molar-refractivity contribution in [2.45, 2.75) is 52.7 Å². The molecule has 0 aliphatic rings. The molecule has 1 unspecified atom stereocenters. The highest BCUT2D eigenvalue weighted by atomic mass is 17.2. The monoisotopic (exact) mass is 190 g/mol. The molecule has 0 fully saturated rings. The first-order chi connectivity index (χ1) is 5.98. The second-order valence-electron chi connectivity index (χ2n) is 4.03. The number of hydrogen-bond donors (Lipinski definition) is 1. The lowest BCUT2D eigenvalue weighted by atomic mass is 10.1. The Balaban J connectivity index is 3.50. The van der Waals surface area contributed by atoms with Crippen molar-refractivity contribution in [3.05, 3.63) is 0 Å². The lowest BCUT2D eigenvalue weighted by molar-refractivity contribution is -0.417. The molecule has 3 heteroatoms. The third-order valence-electron chi connectivity index (χ3n) is 1.61. The molecule has 13 heavy (non-hydrogen) atoms. The molecule has 0 amide bonds. The summed E-state index contributed by atoms with van der Waals surface area (Å²) in [7, 11) is 0. The Labute approximate surface area is 81.0 Å². The van der Waals surface area contributed by atoms with Gasteiger partial charge in [0.05, 0.1) is 6.61 Å². The van der Waals surface area contributed by atoms with Crippen molar-refractivity contribution in [2.75, 3.05) is 6.61 Å². The summed E-state index contributed by atoms with van der Waals surface area (Å²) < 4.78 is 0. The Morgan fingerprint density at radius 1 is 1.38 bits per heavy atom. The van der Waals surface area contributed by atoms with Gasteiger partial charge in [0.2, 0.25) is 0 Å². The van der Waals surface area contributed by atoms with Crippen LogP contribution in [-0.4, -0.2) is 17.5 Å². The first-order valence-electron chi connectivity index (χ1n) is 5.01. The van der Waals surface area contributed by atoms with Gasteiger partial charge in [-0.1, -0.05) is 27.2 Å². The maximum Gasteiger partial charge on any atom is 0.196 e. The molecule has 0 bridgehead atoms. The average Bonchev–Trinajstić information content (AvgIpc) is 1.95. The molecule has 0 aliphatic carbocycles. The first kappa shape index (κ1) is 12.9. The van der Waals surface area contributed by atoms with Gasteiger partial charge in [-0.2, -0.15) is 0 Å². The molecule has 0 rings (SSSR count). The summed E-state index contributed by atoms with van der Waals surface area (Å²) in [4.78, 5) is 9.79. The van der Waals surface area contributed by atoms with Gasteiger partial charge in [0.25, 0.3) is 0 Å². The van der Waals surface area contributed by atoms with Crippen LogP contribution in [0.15, 0.2) is 0 Å². The summed E-state index contributed by atoms with van der Waals surface area (Å²) in [6.07, 6.45) is 2.60. The second kappa shape index (κ2) is 6.35. The molecule has 3 nitrogen and oxygen atoms in total. The highest BCUT2D eigenvalue weighted by Crippen LogP contribution is 2.17. The van der Waals surface area contributed by atoms with Gasteiger partial charge >= 0.3 is 0 Å². The molecule has 0 heterocycles. The summed E-state index contributed by atoms with van der Waals surface area (Å²) in [5.41, 5.74) is 0. The van der Waals surface area contributed by atoms with Crippen molar-refractivity contribution in [3.8, 4) is 0 Å². The van der Waals surface area contributed by atoms with Crippen LogP contribution >= 0.6 is 0 Å². The van der Waals surface area contributed by atoms with Crippen LogP contribution in [-0.2, 0) is 9.78 Å². The van der Waals surface area contributed by atoms with Crippen LogP contribution in [0.2, 0.25) is 0 Å². The predicted molar refractivity (Wildman–Crippen MR) is 52.0 cm³/mol. The van der Waals surface area contributed by atoms with Gasteiger partial charge in [0.1, 0.15) is 0 Å². The van der Waals surface area contributed by atoms with Gasteiger partial charge < -0.3 is 5.11 Å². The standard InChI is InChI=1S/C10H22O3/c1-5-6-7-12-13-10(4,11)8-9(2)3/h9,11H,5-8H2,1-4H3. The van der Waals surface area contributed by atoms with Crippen molar-refractivity contribution in [3.63, 3.8) is 0 Å². The van der Waals surface area contributed by atoms with Gasteiger partial charge in [-0.25, -0.2) is 9.78 Å². The Bertz CT molecular complexity index is 121. The smallest absolute Gasteiger partial charge is 0.196 e. The molecule has 1 N–H and O–H groups in total. The normalized spacial score (nSPS) is 16.2. The maximum absolute atomic E-state index is 9.64. The van der Waals surface area contributed by atoms with Gasteiger partial charge in [0.15, 0.2) is 5.79 Å². The highest BCUT2D eigenvalue weighted by Gasteiger charge is 2.23. The zero-order valence-electron chi connectivity index (χ0n) is 9.17. The van der Waals surface area contributed by atoms with E-state index in [9.17, 15) is 5.11 Å². The van der Waals surface area contributed by atoms with Crippen molar-refractivity contribution in [1.29, 1.82) is 0 Å². The van der Waals surface area contributed by atoms with E-state index in [0.717, 1.165) is 12.8 Å². The molecular weight excluding hydrogens is 168 g/mol. The third kappa shape index (κ3) is 8.22. The molecule has 0 radical (unpaired) electrons. The minimum absolute atomic E-state index is 0.393. The topological polar surface area (TPSA) is 38.7 Å². The van der Waals surface area contributed by atoms with E-state index in [2.05, 4.69) is 6.92 Å². The van der Waals surface area contributed by atoms with Crippen LogP contribution in [0.5, 0.6) is 0 Å². The molecule has 0 aromatic heterocycles. The van der Waals surface area contributed by atoms with Crippen LogP contribution < -0.4 is 0 Å². The third-order valence-corrected chi connectivity index (χ3v) is 1.61.